The van der Waals surface area contributed by atoms with E-state index < -0.39 is 0 Å². The van der Waals surface area contributed by atoms with E-state index in [1.165, 1.54) is 33.5 Å². The van der Waals surface area contributed by atoms with Crippen molar-refractivity contribution in [2.24, 2.45) is 0 Å². The van der Waals surface area contributed by atoms with Crippen molar-refractivity contribution in [3.05, 3.63) is 78.0 Å². The lowest BCUT2D eigenvalue weighted by atomic mass is 9.91. The fourth-order valence-electron chi connectivity index (χ4n) is 4.27. The Bertz CT molecular complexity index is 1050. The third kappa shape index (κ3) is 2.79. The first-order valence-corrected chi connectivity index (χ1v) is 9.74. The van der Waals surface area contributed by atoms with Gasteiger partial charge in [0.15, 0.2) is 0 Å². The zero-order valence-corrected chi connectivity index (χ0v) is 16.3. The van der Waals surface area contributed by atoms with Gasteiger partial charge >= 0.3 is 0 Å². The van der Waals surface area contributed by atoms with E-state index in [4.69, 9.17) is 10.1 Å². The fourth-order valence-corrected chi connectivity index (χ4v) is 4.27. The molecule has 0 saturated carbocycles. The maximum absolute atomic E-state index is 5.77. The molecule has 3 aromatic rings. The third-order valence-electron chi connectivity index (χ3n) is 5.71. The molecule has 0 amide bonds. The van der Waals surface area contributed by atoms with Gasteiger partial charge in [0.05, 0.1) is 12.8 Å². The number of fused-ring (bicyclic) bond motifs is 2. The Kier molecular flexibility index (Phi) is 4.18. The maximum Gasteiger partial charge on any atom is 0.127 e. The zero-order chi connectivity index (χ0) is 19.1. The van der Waals surface area contributed by atoms with Gasteiger partial charge in [-0.3, -0.25) is 5.32 Å². The lowest BCUT2D eigenvalue weighted by Gasteiger charge is -2.24. The van der Waals surface area contributed by atoms with Gasteiger partial charge in [0.25, 0.3) is 0 Å². The van der Waals surface area contributed by atoms with Gasteiger partial charge in [-0.25, -0.2) is 0 Å². The standard InChI is InChI=1S/C25H23N2O/c1-27-15-14-21-20(16-27)25-22(26-21)12-13-23(28-2)24(25)19-10-8-18(9-11-19)17-6-4-3-5-7-17/h3-13H,14-16H2,1-2H3. The van der Waals surface area contributed by atoms with Gasteiger partial charge < -0.3 is 9.64 Å². The first-order valence-electron chi connectivity index (χ1n) is 9.74. The molecule has 1 radical (unpaired) electrons. The van der Waals surface area contributed by atoms with Crippen LogP contribution in [0.25, 0.3) is 27.8 Å². The van der Waals surface area contributed by atoms with Crippen molar-refractivity contribution in [1.29, 1.82) is 0 Å². The topological polar surface area (TPSA) is 26.6 Å². The number of methoxy groups -OCH3 is 1. The SMILES string of the molecule is COc1ccc2c(c1-c1ccc(-c3ccccc3)cc1)C1=C(CCN(C)C1)[N]2. The number of nitrogens with zero attached hydrogens (tertiary/aromatic N) is 2. The molecule has 0 aliphatic carbocycles. The largest absolute Gasteiger partial charge is 0.496 e. The van der Waals surface area contributed by atoms with Crippen LogP contribution in [-0.4, -0.2) is 32.1 Å². The van der Waals surface area contributed by atoms with E-state index in [1.54, 1.807) is 7.11 Å². The van der Waals surface area contributed by atoms with Crippen LogP contribution >= 0.6 is 0 Å². The van der Waals surface area contributed by atoms with Gasteiger partial charge in [0, 0.05) is 36.3 Å². The fraction of sp³-hybridized carbons (Fsp3) is 0.200. The second-order valence-electron chi connectivity index (χ2n) is 7.51. The quantitative estimate of drug-likeness (QED) is 0.626. The van der Waals surface area contributed by atoms with E-state index >= 15 is 0 Å². The summed E-state index contributed by atoms with van der Waals surface area (Å²) in [6.45, 7) is 2.00. The second-order valence-corrected chi connectivity index (χ2v) is 7.51. The van der Waals surface area contributed by atoms with Crippen molar-refractivity contribution < 1.29 is 4.74 Å². The lowest BCUT2D eigenvalue weighted by Crippen LogP contribution is -2.27. The Morgan fingerprint density at radius 2 is 1.54 bits per heavy atom. The smallest absolute Gasteiger partial charge is 0.127 e. The summed E-state index contributed by atoms with van der Waals surface area (Å²) in [6, 6.07) is 23.4. The van der Waals surface area contributed by atoms with Gasteiger partial charge in [-0.2, -0.15) is 0 Å². The van der Waals surface area contributed by atoms with Crippen molar-refractivity contribution >= 4 is 11.3 Å². The third-order valence-corrected chi connectivity index (χ3v) is 5.71. The number of rotatable bonds is 3. The summed E-state index contributed by atoms with van der Waals surface area (Å²) in [6.07, 6.45) is 1.01. The Morgan fingerprint density at radius 3 is 2.29 bits per heavy atom. The van der Waals surface area contributed by atoms with Crippen LogP contribution in [0.3, 0.4) is 0 Å². The Balaban J connectivity index is 1.63. The molecule has 28 heavy (non-hydrogen) atoms. The molecule has 0 fully saturated rings. The molecule has 3 heteroatoms. The highest BCUT2D eigenvalue weighted by molar-refractivity contribution is 5.95. The summed E-state index contributed by atoms with van der Waals surface area (Å²) in [7, 11) is 3.92. The van der Waals surface area contributed by atoms with Crippen molar-refractivity contribution in [2.75, 3.05) is 27.2 Å². The summed E-state index contributed by atoms with van der Waals surface area (Å²) in [5.41, 5.74) is 9.69. The molecular weight excluding hydrogens is 344 g/mol. The molecule has 3 nitrogen and oxygen atoms in total. The minimum atomic E-state index is 0.906. The number of hydrogen-bond acceptors (Lipinski definition) is 2. The molecule has 5 rings (SSSR count). The van der Waals surface area contributed by atoms with Crippen molar-refractivity contribution in [3.8, 4) is 28.0 Å². The average Bonchev–Trinajstić information content (AvgIpc) is 3.11. The molecule has 0 unspecified atom stereocenters. The van der Waals surface area contributed by atoms with Crippen LogP contribution in [0.4, 0.5) is 5.69 Å². The van der Waals surface area contributed by atoms with Crippen molar-refractivity contribution in [3.63, 3.8) is 0 Å². The maximum atomic E-state index is 5.77. The number of likely N-dealkylation sites (N-methyl/N-ethyl adjacent to an activating group) is 1. The van der Waals surface area contributed by atoms with E-state index in [1.807, 2.05) is 12.1 Å². The lowest BCUT2D eigenvalue weighted by molar-refractivity contribution is 0.365. The molecule has 0 spiro atoms. The van der Waals surface area contributed by atoms with E-state index in [9.17, 15) is 0 Å². The second kappa shape index (κ2) is 6.84. The molecule has 2 aliphatic heterocycles. The number of benzene rings is 3. The number of ether oxygens (including phenoxy) is 1. The molecule has 0 bridgehead atoms. The first kappa shape index (κ1) is 17.1. The van der Waals surface area contributed by atoms with E-state index in [2.05, 4.69) is 66.5 Å². The Labute approximate surface area is 166 Å². The molecular formula is C25H23N2O. The molecule has 0 aromatic heterocycles. The molecule has 3 aromatic carbocycles. The summed E-state index contributed by atoms with van der Waals surface area (Å²) < 4.78 is 5.77. The predicted octanol–water partition coefficient (Wildman–Crippen LogP) is 5.33. The van der Waals surface area contributed by atoms with Crippen molar-refractivity contribution in [2.45, 2.75) is 6.42 Å². The monoisotopic (exact) mass is 367 g/mol. The van der Waals surface area contributed by atoms with Crippen LogP contribution in [0, 0.1) is 0 Å². The van der Waals surface area contributed by atoms with E-state index in [0.29, 0.717) is 0 Å². The van der Waals surface area contributed by atoms with Crippen LogP contribution in [-0.2, 0) is 0 Å². The highest BCUT2D eigenvalue weighted by atomic mass is 16.5. The van der Waals surface area contributed by atoms with Crippen LogP contribution in [0.2, 0.25) is 0 Å². The minimum Gasteiger partial charge on any atom is -0.496 e. The first-order chi connectivity index (χ1) is 13.7. The predicted molar refractivity (Wildman–Crippen MR) is 115 cm³/mol. The van der Waals surface area contributed by atoms with Gasteiger partial charge in [-0.15, -0.1) is 0 Å². The summed E-state index contributed by atoms with van der Waals surface area (Å²) in [5.74, 6) is 0.906. The molecule has 139 valence electrons. The van der Waals surface area contributed by atoms with E-state index in [-0.39, 0.29) is 0 Å². The molecule has 0 N–H and O–H groups in total. The highest BCUT2D eigenvalue weighted by Gasteiger charge is 2.31. The summed E-state index contributed by atoms with van der Waals surface area (Å²) in [5, 5.41) is 4.93. The Morgan fingerprint density at radius 1 is 0.821 bits per heavy atom. The van der Waals surface area contributed by atoms with E-state index in [0.717, 1.165) is 36.5 Å². The normalized spacial score (nSPS) is 15.8. The van der Waals surface area contributed by atoms with Crippen LogP contribution < -0.4 is 10.1 Å². The molecule has 0 atom stereocenters. The van der Waals surface area contributed by atoms with Crippen LogP contribution in [0.1, 0.15) is 12.0 Å². The summed E-state index contributed by atoms with van der Waals surface area (Å²) in [4.78, 5) is 2.37. The highest BCUT2D eigenvalue weighted by Crippen LogP contribution is 2.47. The zero-order valence-electron chi connectivity index (χ0n) is 16.3. The minimum absolute atomic E-state index is 0.906. The Hall–Kier alpha value is -3.04. The van der Waals surface area contributed by atoms with Gasteiger partial charge in [-0.05, 0) is 41.4 Å². The molecule has 0 saturated heterocycles. The average molecular weight is 367 g/mol. The van der Waals surface area contributed by atoms with Gasteiger partial charge in [0.1, 0.15) is 5.75 Å². The van der Waals surface area contributed by atoms with Gasteiger partial charge in [0.2, 0.25) is 0 Å². The molecule has 2 aliphatic rings. The number of hydrogen-bond donors (Lipinski definition) is 0. The van der Waals surface area contributed by atoms with Crippen LogP contribution in [0.5, 0.6) is 5.75 Å². The van der Waals surface area contributed by atoms with Gasteiger partial charge in [-0.1, -0.05) is 54.6 Å². The van der Waals surface area contributed by atoms with Crippen LogP contribution in [0.15, 0.2) is 72.4 Å². The molecule has 2 heterocycles. The van der Waals surface area contributed by atoms with Crippen molar-refractivity contribution in [1.82, 2.24) is 10.2 Å². The summed E-state index contributed by atoms with van der Waals surface area (Å²) >= 11 is 0.